The molecule has 1 heterocycles. The highest BCUT2D eigenvalue weighted by molar-refractivity contribution is 9.10. The van der Waals surface area contributed by atoms with Gasteiger partial charge in [-0.1, -0.05) is 22.0 Å². The molecular weight excluding hydrogens is 390 g/mol. The maximum atomic E-state index is 4.76. The number of guanidine groups is 1. The van der Waals surface area contributed by atoms with Crippen LogP contribution in [-0.2, 0) is 20.0 Å². The van der Waals surface area contributed by atoms with E-state index in [2.05, 4.69) is 84.5 Å². The average molecular weight is 420 g/mol. The first-order chi connectivity index (χ1) is 12.3. The van der Waals surface area contributed by atoms with Gasteiger partial charge in [-0.25, -0.2) is 4.99 Å². The lowest BCUT2D eigenvalue weighted by Crippen LogP contribution is -2.43. The van der Waals surface area contributed by atoms with Crippen LogP contribution in [0.5, 0.6) is 0 Å². The molecule has 1 aromatic heterocycles. The molecule has 0 aliphatic rings. The van der Waals surface area contributed by atoms with E-state index in [1.807, 2.05) is 11.7 Å². The second-order valence-electron chi connectivity index (χ2n) is 6.79. The van der Waals surface area contributed by atoms with Gasteiger partial charge in [0.1, 0.15) is 0 Å². The Morgan fingerprint density at radius 3 is 2.62 bits per heavy atom. The molecule has 6 heteroatoms. The van der Waals surface area contributed by atoms with E-state index in [9.17, 15) is 0 Å². The van der Waals surface area contributed by atoms with E-state index in [0.29, 0.717) is 6.54 Å². The van der Waals surface area contributed by atoms with Crippen molar-refractivity contribution in [2.45, 2.75) is 53.6 Å². The van der Waals surface area contributed by atoms with Gasteiger partial charge in [0, 0.05) is 29.8 Å². The Labute approximate surface area is 165 Å². The highest BCUT2D eigenvalue weighted by Gasteiger charge is 2.14. The fraction of sp³-hybridized carbons (Fsp3) is 0.500. The van der Waals surface area contributed by atoms with Crippen LogP contribution in [-0.4, -0.2) is 28.3 Å². The second kappa shape index (κ2) is 9.21. The van der Waals surface area contributed by atoms with Crippen LogP contribution >= 0.6 is 15.9 Å². The molecule has 0 fully saturated rings. The van der Waals surface area contributed by atoms with E-state index in [-0.39, 0.29) is 6.04 Å². The second-order valence-corrected chi connectivity index (χ2v) is 7.70. The molecule has 0 bridgehead atoms. The Morgan fingerprint density at radius 2 is 2.04 bits per heavy atom. The summed E-state index contributed by atoms with van der Waals surface area (Å²) >= 11 is 3.51. The number of aryl methyl sites for hydroxylation is 3. The van der Waals surface area contributed by atoms with Crippen LogP contribution in [0.25, 0.3) is 0 Å². The first-order valence-corrected chi connectivity index (χ1v) is 9.90. The highest BCUT2D eigenvalue weighted by Crippen LogP contribution is 2.17. The van der Waals surface area contributed by atoms with E-state index < -0.39 is 0 Å². The van der Waals surface area contributed by atoms with Gasteiger partial charge in [0.05, 0.1) is 12.2 Å². The molecule has 26 heavy (non-hydrogen) atoms. The number of aromatic nitrogens is 2. The summed E-state index contributed by atoms with van der Waals surface area (Å²) in [5.74, 6) is 0.849. The van der Waals surface area contributed by atoms with Crippen LogP contribution in [0.3, 0.4) is 0 Å². The molecule has 0 spiro atoms. The van der Waals surface area contributed by atoms with Gasteiger partial charge < -0.3 is 10.6 Å². The van der Waals surface area contributed by atoms with Crippen molar-refractivity contribution < 1.29 is 0 Å². The van der Waals surface area contributed by atoms with Gasteiger partial charge in [0.15, 0.2) is 5.96 Å². The number of nitrogens with zero attached hydrogens (tertiary/aromatic N) is 3. The zero-order valence-corrected chi connectivity index (χ0v) is 18.2. The van der Waals surface area contributed by atoms with E-state index in [0.717, 1.165) is 29.1 Å². The largest absolute Gasteiger partial charge is 0.357 e. The van der Waals surface area contributed by atoms with Crippen molar-refractivity contribution in [2.75, 3.05) is 6.54 Å². The minimum Gasteiger partial charge on any atom is -0.357 e. The fourth-order valence-electron chi connectivity index (χ4n) is 3.02. The SMILES string of the molecule is CCNC(=NCc1ccc(Br)cc1C)NC(C)Cc1c(C)nn(C)c1C. The molecule has 1 atom stereocenters. The highest BCUT2D eigenvalue weighted by atomic mass is 79.9. The summed E-state index contributed by atoms with van der Waals surface area (Å²) in [5, 5.41) is 11.4. The van der Waals surface area contributed by atoms with E-state index in [1.54, 1.807) is 0 Å². The van der Waals surface area contributed by atoms with Gasteiger partial charge >= 0.3 is 0 Å². The van der Waals surface area contributed by atoms with Crippen LogP contribution in [0.15, 0.2) is 27.7 Å². The molecule has 0 saturated carbocycles. The summed E-state index contributed by atoms with van der Waals surface area (Å²) in [6, 6.07) is 6.58. The number of benzene rings is 1. The maximum absolute atomic E-state index is 4.76. The van der Waals surface area contributed by atoms with Gasteiger partial charge in [-0.05, 0) is 69.9 Å². The van der Waals surface area contributed by atoms with Crippen molar-refractivity contribution in [3.8, 4) is 0 Å². The third-order valence-electron chi connectivity index (χ3n) is 4.61. The van der Waals surface area contributed by atoms with Gasteiger partial charge in [-0.15, -0.1) is 0 Å². The summed E-state index contributed by atoms with van der Waals surface area (Å²) in [7, 11) is 2.00. The van der Waals surface area contributed by atoms with Gasteiger partial charge in [0.2, 0.25) is 0 Å². The van der Waals surface area contributed by atoms with Crippen molar-refractivity contribution >= 4 is 21.9 Å². The van der Waals surface area contributed by atoms with Crippen molar-refractivity contribution in [1.82, 2.24) is 20.4 Å². The lowest BCUT2D eigenvalue weighted by Gasteiger charge is -2.18. The monoisotopic (exact) mass is 419 g/mol. The molecule has 2 N–H and O–H groups in total. The smallest absolute Gasteiger partial charge is 0.191 e. The fourth-order valence-corrected chi connectivity index (χ4v) is 3.50. The number of nitrogens with one attached hydrogen (secondary N) is 2. The molecule has 0 amide bonds. The molecule has 2 rings (SSSR count). The Balaban J connectivity index is 2.06. The number of hydrogen-bond donors (Lipinski definition) is 2. The number of aliphatic imine (C=N–C) groups is 1. The zero-order valence-electron chi connectivity index (χ0n) is 16.7. The third-order valence-corrected chi connectivity index (χ3v) is 5.10. The zero-order chi connectivity index (χ0) is 19.3. The van der Waals surface area contributed by atoms with E-state index in [4.69, 9.17) is 4.99 Å². The summed E-state index contributed by atoms with van der Waals surface area (Å²) in [6.45, 7) is 12.1. The first-order valence-electron chi connectivity index (χ1n) is 9.10. The summed E-state index contributed by atoms with van der Waals surface area (Å²) in [6.07, 6.45) is 0.924. The topological polar surface area (TPSA) is 54.2 Å². The lowest BCUT2D eigenvalue weighted by atomic mass is 10.1. The van der Waals surface area contributed by atoms with Crippen LogP contribution in [0.1, 0.15) is 41.9 Å². The maximum Gasteiger partial charge on any atom is 0.191 e. The van der Waals surface area contributed by atoms with Gasteiger partial charge in [-0.3, -0.25) is 4.68 Å². The molecule has 5 nitrogen and oxygen atoms in total. The Bertz CT molecular complexity index is 779. The Kier molecular flexibility index (Phi) is 7.26. The van der Waals surface area contributed by atoms with Crippen LogP contribution < -0.4 is 10.6 Å². The Hall–Kier alpha value is -1.82. The van der Waals surface area contributed by atoms with E-state index in [1.165, 1.54) is 22.4 Å². The number of hydrogen-bond acceptors (Lipinski definition) is 2. The predicted octanol–water partition coefficient (Wildman–Crippen LogP) is 3.79. The summed E-state index contributed by atoms with van der Waals surface area (Å²) in [4.78, 5) is 4.76. The molecule has 0 radical (unpaired) electrons. The molecule has 0 aliphatic heterocycles. The van der Waals surface area contributed by atoms with Crippen LogP contribution in [0.2, 0.25) is 0 Å². The standard InChI is InChI=1S/C20H30BrN5/c1-7-22-20(23-12-17-8-9-18(21)10-13(17)2)24-14(3)11-19-15(4)25-26(6)16(19)5/h8-10,14H,7,11-12H2,1-6H3,(H2,22,23,24). The minimum atomic E-state index is 0.264. The predicted molar refractivity (Wildman–Crippen MR) is 113 cm³/mol. The molecule has 142 valence electrons. The molecule has 1 unspecified atom stereocenters. The van der Waals surface area contributed by atoms with Gasteiger partial charge in [-0.2, -0.15) is 5.10 Å². The quantitative estimate of drug-likeness (QED) is 0.552. The van der Waals surface area contributed by atoms with Crippen molar-refractivity contribution in [2.24, 2.45) is 12.0 Å². The summed E-state index contributed by atoms with van der Waals surface area (Å²) in [5.41, 5.74) is 6.12. The molecule has 0 aliphatic carbocycles. The average Bonchev–Trinajstić information content (AvgIpc) is 2.80. The summed E-state index contributed by atoms with van der Waals surface area (Å²) < 4.78 is 3.05. The van der Waals surface area contributed by atoms with Gasteiger partial charge in [0.25, 0.3) is 0 Å². The molecule has 1 aromatic carbocycles. The van der Waals surface area contributed by atoms with Crippen molar-refractivity contribution in [3.63, 3.8) is 0 Å². The number of rotatable bonds is 6. The normalized spacial score (nSPS) is 13.0. The molecule has 0 saturated heterocycles. The lowest BCUT2D eigenvalue weighted by molar-refractivity contribution is 0.635. The molecule has 2 aromatic rings. The number of halogens is 1. The first kappa shape index (κ1) is 20.5. The van der Waals surface area contributed by atoms with Crippen molar-refractivity contribution in [1.29, 1.82) is 0 Å². The Morgan fingerprint density at radius 1 is 1.31 bits per heavy atom. The van der Waals surface area contributed by atoms with E-state index >= 15 is 0 Å². The molecular formula is C20H30BrN5. The minimum absolute atomic E-state index is 0.264. The van der Waals surface area contributed by atoms with Crippen molar-refractivity contribution in [3.05, 3.63) is 50.8 Å². The van der Waals surface area contributed by atoms with Crippen LogP contribution in [0, 0.1) is 20.8 Å². The van der Waals surface area contributed by atoms with Crippen LogP contribution in [0.4, 0.5) is 0 Å². The third kappa shape index (κ3) is 5.34.